The molecule has 0 bridgehead atoms. The number of benzene rings is 1. The van der Waals surface area contributed by atoms with E-state index in [1.165, 1.54) is 12.2 Å². The summed E-state index contributed by atoms with van der Waals surface area (Å²) < 4.78 is 0. The first-order chi connectivity index (χ1) is 8.02. The predicted octanol–water partition coefficient (Wildman–Crippen LogP) is 1.08. The van der Waals surface area contributed by atoms with Crippen molar-refractivity contribution in [3.63, 3.8) is 0 Å². The minimum absolute atomic E-state index is 0.443. The normalized spacial score (nSPS) is 12.2. The van der Waals surface area contributed by atoms with Crippen molar-refractivity contribution in [2.75, 3.05) is 0 Å². The summed E-state index contributed by atoms with van der Waals surface area (Å²) in [6, 6.07) is 8.89. The second-order valence-corrected chi connectivity index (χ2v) is 3.18. The Kier molecular flexibility index (Phi) is 4.05. The third-order valence-corrected chi connectivity index (χ3v) is 1.99. The zero-order valence-corrected chi connectivity index (χ0v) is 8.83. The van der Waals surface area contributed by atoms with Crippen molar-refractivity contribution in [3.8, 4) is 0 Å². The summed E-state index contributed by atoms with van der Waals surface area (Å²) in [4.78, 5) is 21.4. The number of aliphatic carboxylic acids is 2. The summed E-state index contributed by atoms with van der Waals surface area (Å²) in [5.41, 5.74) is 4.79. The second kappa shape index (κ2) is 5.50. The Hall–Kier alpha value is -2.56. The molecule has 0 saturated carbocycles. The number of carbonyl (C=O) groups is 2. The van der Waals surface area contributed by atoms with Crippen molar-refractivity contribution in [2.45, 2.75) is 0 Å². The van der Waals surface area contributed by atoms with Crippen LogP contribution in [0.4, 0.5) is 0 Å². The zero-order valence-electron chi connectivity index (χ0n) is 8.83. The van der Waals surface area contributed by atoms with Crippen LogP contribution in [0.3, 0.4) is 0 Å². The highest BCUT2D eigenvalue weighted by Gasteiger charge is 2.14. The molecule has 0 aliphatic carbocycles. The van der Waals surface area contributed by atoms with Gasteiger partial charge in [0.2, 0.25) is 0 Å². The molecular weight excluding hydrogens is 222 g/mol. The summed E-state index contributed by atoms with van der Waals surface area (Å²) >= 11 is 0. The molecule has 0 aromatic heterocycles. The number of carboxylic acids is 2. The topological polar surface area (TPSA) is 101 Å². The Labute approximate surface area is 97.5 Å². The number of hydrogen-bond donors (Lipinski definition) is 3. The molecule has 0 radical (unpaired) electrons. The number of hydrogen-bond acceptors (Lipinski definition) is 3. The molecule has 17 heavy (non-hydrogen) atoms. The number of nitrogens with two attached hydrogens (primary N) is 1. The standard InChI is InChI=1S/C12H11NO4/c13-10(12(16)17)9(11(14)15)7-6-8-4-2-1-3-5-8/h1-7H,13H2,(H,14,15)(H,16,17). The molecule has 0 spiro atoms. The summed E-state index contributed by atoms with van der Waals surface area (Å²) in [7, 11) is 0. The fourth-order valence-electron chi connectivity index (χ4n) is 1.14. The van der Waals surface area contributed by atoms with Crippen molar-refractivity contribution in [3.05, 3.63) is 53.2 Å². The molecule has 4 N–H and O–H groups in total. The number of carboxylic acid groups (broad SMARTS) is 2. The van der Waals surface area contributed by atoms with Crippen LogP contribution in [0.2, 0.25) is 0 Å². The van der Waals surface area contributed by atoms with Crippen molar-refractivity contribution >= 4 is 18.0 Å². The highest BCUT2D eigenvalue weighted by Crippen LogP contribution is 2.07. The van der Waals surface area contributed by atoms with E-state index in [2.05, 4.69) is 0 Å². The third-order valence-electron chi connectivity index (χ3n) is 1.99. The lowest BCUT2D eigenvalue weighted by molar-refractivity contribution is -0.135. The van der Waals surface area contributed by atoms with E-state index in [0.717, 1.165) is 5.56 Å². The van der Waals surface area contributed by atoms with Crippen LogP contribution in [0.5, 0.6) is 0 Å². The molecule has 1 aromatic rings. The Morgan fingerprint density at radius 2 is 1.65 bits per heavy atom. The van der Waals surface area contributed by atoms with Crippen LogP contribution in [0.15, 0.2) is 47.7 Å². The minimum Gasteiger partial charge on any atom is -0.478 e. The predicted molar refractivity (Wildman–Crippen MR) is 62.0 cm³/mol. The Morgan fingerprint density at radius 1 is 1.06 bits per heavy atom. The molecule has 0 aliphatic rings. The smallest absolute Gasteiger partial charge is 0.352 e. The van der Waals surface area contributed by atoms with Gasteiger partial charge in [0.05, 0.1) is 5.57 Å². The molecule has 5 heteroatoms. The lowest BCUT2D eigenvalue weighted by Gasteiger charge is -1.99. The maximum Gasteiger partial charge on any atom is 0.352 e. The van der Waals surface area contributed by atoms with Crippen LogP contribution in [0.25, 0.3) is 6.08 Å². The first-order valence-corrected chi connectivity index (χ1v) is 4.72. The van der Waals surface area contributed by atoms with Gasteiger partial charge in [-0.05, 0) is 11.6 Å². The third kappa shape index (κ3) is 3.49. The molecule has 5 nitrogen and oxygen atoms in total. The first-order valence-electron chi connectivity index (χ1n) is 4.72. The molecule has 0 amide bonds. The fourth-order valence-corrected chi connectivity index (χ4v) is 1.14. The van der Waals surface area contributed by atoms with Gasteiger partial charge in [0.1, 0.15) is 5.70 Å². The molecule has 0 fully saturated rings. The zero-order chi connectivity index (χ0) is 12.8. The molecule has 1 rings (SSSR count). The van der Waals surface area contributed by atoms with Crippen LogP contribution in [0.1, 0.15) is 5.56 Å². The van der Waals surface area contributed by atoms with Gasteiger partial charge < -0.3 is 15.9 Å². The van der Waals surface area contributed by atoms with E-state index in [1.54, 1.807) is 24.3 Å². The van der Waals surface area contributed by atoms with Gasteiger partial charge in [-0.15, -0.1) is 0 Å². The van der Waals surface area contributed by atoms with Gasteiger partial charge in [0.15, 0.2) is 0 Å². The summed E-state index contributed by atoms with van der Waals surface area (Å²) in [5, 5.41) is 17.4. The lowest BCUT2D eigenvalue weighted by atomic mass is 10.1. The quantitative estimate of drug-likeness (QED) is 0.533. The molecule has 0 atom stereocenters. The van der Waals surface area contributed by atoms with Crippen LogP contribution < -0.4 is 5.73 Å². The van der Waals surface area contributed by atoms with Gasteiger partial charge >= 0.3 is 11.9 Å². The molecule has 0 unspecified atom stereocenters. The van der Waals surface area contributed by atoms with E-state index in [4.69, 9.17) is 15.9 Å². The van der Waals surface area contributed by atoms with E-state index in [0.29, 0.717) is 0 Å². The van der Waals surface area contributed by atoms with Crippen LogP contribution in [-0.4, -0.2) is 22.2 Å². The van der Waals surface area contributed by atoms with Gasteiger partial charge in [-0.1, -0.05) is 36.4 Å². The van der Waals surface area contributed by atoms with Gasteiger partial charge in [-0.3, -0.25) is 0 Å². The maximum atomic E-state index is 10.8. The highest BCUT2D eigenvalue weighted by molar-refractivity contribution is 6.00. The van der Waals surface area contributed by atoms with Crippen molar-refractivity contribution in [1.82, 2.24) is 0 Å². The van der Waals surface area contributed by atoms with E-state index in [9.17, 15) is 9.59 Å². The van der Waals surface area contributed by atoms with E-state index in [1.807, 2.05) is 6.07 Å². The number of rotatable bonds is 4. The summed E-state index contributed by atoms with van der Waals surface area (Å²) in [6.07, 6.45) is 2.65. The molecule has 0 saturated heterocycles. The summed E-state index contributed by atoms with van der Waals surface area (Å²) in [5.74, 6) is -2.84. The van der Waals surface area contributed by atoms with Gasteiger partial charge in [-0.25, -0.2) is 9.59 Å². The molecule has 1 aromatic carbocycles. The van der Waals surface area contributed by atoms with Crippen molar-refractivity contribution < 1.29 is 19.8 Å². The van der Waals surface area contributed by atoms with Gasteiger partial charge in [0, 0.05) is 0 Å². The average Bonchev–Trinajstić information content (AvgIpc) is 2.29. The minimum atomic E-state index is -1.46. The lowest BCUT2D eigenvalue weighted by Crippen LogP contribution is -2.16. The first kappa shape index (κ1) is 12.5. The molecule has 0 aliphatic heterocycles. The second-order valence-electron chi connectivity index (χ2n) is 3.18. The van der Waals surface area contributed by atoms with Gasteiger partial charge in [0.25, 0.3) is 0 Å². The van der Waals surface area contributed by atoms with Crippen LogP contribution in [-0.2, 0) is 9.59 Å². The fraction of sp³-hybridized carbons (Fsp3) is 0. The summed E-state index contributed by atoms with van der Waals surface area (Å²) in [6.45, 7) is 0. The average molecular weight is 233 g/mol. The largest absolute Gasteiger partial charge is 0.478 e. The van der Waals surface area contributed by atoms with Crippen molar-refractivity contribution in [1.29, 1.82) is 0 Å². The van der Waals surface area contributed by atoms with Crippen molar-refractivity contribution in [2.24, 2.45) is 5.73 Å². The van der Waals surface area contributed by atoms with E-state index < -0.39 is 23.2 Å². The van der Waals surface area contributed by atoms with Crippen LogP contribution >= 0.6 is 0 Å². The van der Waals surface area contributed by atoms with E-state index >= 15 is 0 Å². The maximum absolute atomic E-state index is 10.8. The highest BCUT2D eigenvalue weighted by atomic mass is 16.4. The molecule has 88 valence electrons. The van der Waals surface area contributed by atoms with E-state index in [-0.39, 0.29) is 0 Å². The molecule has 0 heterocycles. The Balaban J connectivity index is 3.05. The Bertz CT molecular complexity index is 488. The Morgan fingerprint density at radius 3 is 2.12 bits per heavy atom. The van der Waals surface area contributed by atoms with Gasteiger partial charge in [-0.2, -0.15) is 0 Å². The monoisotopic (exact) mass is 233 g/mol. The molecular formula is C12H11NO4. The SMILES string of the molecule is NC(C(=O)O)=C(C=Cc1ccccc1)C(=O)O. The van der Waals surface area contributed by atoms with Crippen LogP contribution in [0, 0.1) is 0 Å².